The van der Waals surface area contributed by atoms with Crippen molar-refractivity contribution < 1.29 is 4.79 Å². The van der Waals surface area contributed by atoms with Crippen LogP contribution in [0, 0.1) is 0 Å². The molecule has 104 valence electrons. The minimum absolute atomic E-state index is 0.165. The van der Waals surface area contributed by atoms with E-state index in [1.165, 1.54) is 12.4 Å². The maximum absolute atomic E-state index is 12.1. The van der Waals surface area contributed by atoms with Crippen LogP contribution < -0.4 is 5.32 Å². The number of anilines is 1. The Morgan fingerprint density at radius 3 is 2.67 bits per heavy atom. The summed E-state index contributed by atoms with van der Waals surface area (Å²) in [4.78, 5) is 24.1. The molecular formula is C14H8Cl2N4O. The third-order valence-corrected chi connectivity index (χ3v) is 3.34. The lowest BCUT2D eigenvalue weighted by atomic mass is 10.2. The number of halogens is 2. The topological polar surface area (TPSA) is 67.8 Å². The zero-order valence-corrected chi connectivity index (χ0v) is 12.1. The number of pyridine rings is 1. The van der Waals surface area contributed by atoms with Crippen molar-refractivity contribution in [1.82, 2.24) is 15.0 Å². The Balaban J connectivity index is 1.97. The minimum atomic E-state index is -0.395. The molecule has 0 fully saturated rings. The van der Waals surface area contributed by atoms with Crippen LogP contribution in [0.25, 0.3) is 10.9 Å². The number of fused-ring (bicyclic) bond motifs is 1. The Kier molecular flexibility index (Phi) is 3.68. The number of rotatable bonds is 2. The largest absolute Gasteiger partial charge is 0.319 e. The number of hydrogen-bond acceptors (Lipinski definition) is 4. The number of carbonyl (C=O) groups is 1. The highest BCUT2D eigenvalue weighted by Gasteiger charge is 2.12. The highest BCUT2D eigenvalue weighted by Crippen LogP contribution is 2.28. The molecule has 21 heavy (non-hydrogen) atoms. The van der Waals surface area contributed by atoms with Gasteiger partial charge in [-0.1, -0.05) is 23.2 Å². The van der Waals surface area contributed by atoms with Crippen molar-refractivity contribution in [2.24, 2.45) is 0 Å². The average Bonchev–Trinajstić information content (AvgIpc) is 2.51. The molecule has 0 unspecified atom stereocenters. The van der Waals surface area contributed by atoms with Crippen LogP contribution >= 0.6 is 23.2 Å². The van der Waals surface area contributed by atoms with Crippen molar-refractivity contribution >= 4 is 45.7 Å². The van der Waals surface area contributed by atoms with Crippen LogP contribution in [0.15, 0.2) is 42.9 Å². The average molecular weight is 319 g/mol. The molecule has 0 atom stereocenters. The van der Waals surface area contributed by atoms with Gasteiger partial charge in [-0.05, 0) is 24.3 Å². The fourth-order valence-corrected chi connectivity index (χ4v) is 2.17. The van der Waals surface area contributed by atoms with E-state index in [0.717, 1.165) is 5.39 Å². The van der Waals surface area contributed by atoms with Gasteiger partial charge in [0.05, 0.1) is 28.6 Å². The van der Waals surface area contributed by atoms with Crippen molar-refractivity contribution in [2.45, 2.75) is 0 Å². The van der Waals surface area contributed by atoms with Crippen molar-refractivity contribution in [3.8, 4) is 0 Å². The molecule has 2 aromatic heterocycles. The van der Waals surface area contributed by atoms with Crippen LogP contribution in [0.3, 0.4) is 0 Å². The van der Waals surface area contributed by atoms with Gasteiger partial charge in [-0.25, -0.2) is 9.97 Å². The molecule has 5 nitrogen and oxygen atoms in total. The predicted octanol–water partition coefficient (Wildman–Crippen LogP) is 3.58. The Bertz CT molecular complexity index is 821. The molecule has 1 aromatic carbocycles. The summed E-state index contributed by atoms with van der Waals surface area (Å²) >= 11 is 11.8. The lowest BCUT2D eigenvalue weighted by molar-refractivity contribution is 0.102. The van der Waals surface area contributed by atoms with Crippen molar-refractivity contribution in [2.75, 3.05) is 5.32 Å². The second kappa shape index (κ2) is 5.63. The normalized spacial score (nSPS) is 10.6. The maximum atomic E-state index is 12.1. The third kappa shape index (κ3) is 2.79. The van der Waals surface area contributed by atoms with Crippen LogP contribution in [-0.2, 0) is 0 Å². The number of nitrogens with one attached hydrogen (secondary N) is 1. The van der Waals surface area contributed by atoms with Gasteiger partial charge in [0.2, 0.25) is 0 Å². The van der Waals surface area contributed by atoms with Gasteiger partial charge in [-0.15, -0.1) is 0 Å². The summed E-state index contributed by atoms with van der Waals surface area (Å²) in [6.45, 7) is 0. The highest BCUT2D eigenvalue weighted by molar-refractivity contribution is 6.36. The van der Waals surface area contributed by atoms with E-state index in [2.05, 4.69) is 20.3 Å². The minimum Gasteiger partial charge on any atom is -0.319 e. The lowest BCUT2D eigenvalue weighted by Gasteiger charge is -2.08. The lowest BCUT2D eigenvalue weighted by Crippen LogP contribution is -2.14. The molecule has 2 heterocycles. The molecule has 0 saturated heterocycles. The molecular weight excluding hydrogens is 311 g/mol. The van der Waals surface area contributed by atoms with Gasteiger partial charge in [0.15, 0.2) is 0 Å². The van der Waals surface area contributed by atoms with Gasteiger partial charge in [0.1, 0.15) is 10.8 Å². The molecule has 0 aliphatic carbocycles. The van der Waals surface area contributed by atoms with Gasteiger partial charge in [-0.3, -0.25) is 9.78 Å². The van der Waals surface area contributed by atoms with E-state index in [0.29, 0.717) is 16.2 Å². The smallest absolute Gasteiger partial charge is 0.275 e. The molecule has 1 amide bonds. The second-order valence-corrected chi connectivity index (χ2v) is 4.97. The van der Waals surface area contributed by atoms with Crippen LogP contribution in [0.2, 0.25) is 10.2 Å². The number of hydrogen-bond donors (Lipinski definition) is 1. The van der Waals surface area contributed by atoms with Crippen LogP contribution in [0.4, 0.5) is 5.69 Å². The van der Waals surface area contributed by atoms with Gasteiger partial charge in [0.25, 0.3) is 5.91 Å². The highest BCUT2D eigenvalue weighted by atomic mass is 35.5. The van der Waals surface area contributed by atoms with E-state index in [4.69, 9.17) is 23.2 Å². The summed E-state index contributed by atoms with van der Waals surface area (Å²) in [6, 6.07) is 7.01. The summed E-state index contributed by atoms with van der Waals surface area (Å²) in [7, 11) is 0. The number of aromatic nitrogens is 3. The van der Waals surface area contributed by atoms with E-state index in [-0.39, 0.29) is 10.8 Å². The Hall–Kier alpha value is -2.24. The van der Waals surface area contributed by atoms with E-state index in [1.54, 1.807) is 24.4 Å². The first-order valence-electron chi connectivity index (χ1n) is 5.97. The van der Waals surface area contributed by atoms with Crippen LogP contribution in [-0.4, -0.2) is 20.9 Å². The molecule has 0 saturated carbocycles. The summed E-state index contributed by atoms with van der Waals surface area (Å²) < 4.78 is 0. The molecule has 0 spiro atoms. The first kappa shape index (κ1) is 13.7. The molecule has 0 aliphatic rings. The van der Waals surface area contributed by atoms with E-state index < -0.39 is 5.91 Å². The third-order valence-electron chi connectivity index (χ3n) is 2.82. The number of nitrogens with zero attached hydrogens (tertiary/aromatic N) is 3. The Labute approximate surface area is 130 Å². The molecule has 0 bridgehead atoms. The quantitative estimate of drug-likeness (QED) is 0.784. The first-order chi connectivity index (χ1) is 10.1. The zero-order valence-electron chi connectivity index (χ0n) is 10.5. The summed E-state index contributed by atoms with van der Waals surface area (Å²) in [6.07, 6.45) is 4.26. The standard InChI is InChI=1S/C14H8Cl2N4O/c15-9-3-4-10(13-8(9)2-1-5-17-13)20-14(21)11-6-19-12(16)7-18-11/h1-7H,(H,20,21). The molecule has 3 rings (SSSR count). The molecule has 1 N–H and O–H groups in total. The van der Waals surface area contributed by atoms with Crippen LogP contribution in [0.5, 0.6) is 0 Å². The van der Waals surface area contributed by atoms with Crippen molar-refractivity contribution in [3.05, 3.63) is 58.7 Å². The monoisotopic (exact) mass is 318 g/mol. The number of carbonyl (C=O) groups excluding carboxylic acids is 1. The van der Waals surface area contributed by atoms with Crippen LogP contribution in [0.1, 0.15) is 10.5 Å². The van der Waals surface area contributed by atoms with Gasteiger partial charge >= 0.3 is 0 Å². The van der Waals surface area contributed by atoms with Gasteiger partial charge < -0.3 is 5.32 Å². The summed E-state index contributed by atoms with van der Waals surface area (Å²) in [5.74, 6) is -0.395. The molecule has 0 radical (unpaired) electrons. The SMILES string of the molecule is O=C(Nc1ccc(Cl)c2cccnc12)c1cnc(Cl)cn1. The predicted molar refractivity (Wildman–Crippen MR) is 81.7 cm³/mol. The Morgan fingerprint density at radius 1 is 1.05 bits per heavy atom. The number of amides is 1. The van der Waals surface area contributed by atoms with Gasteiger partial charge in [-0.2, -0.15) is 0 Å². The molecule has 3 aromatic rings. The number of benzene rings is 1. The van der Waals surface area contributed by atoms with E-state index >= 15 is 0 Å². The summed E-state index contributed by atoms with van der Waals surface area (Å²) in [5, 5.41) is 4.30. The summed E-state index contributed by atoms with van der Waals surface area (Å²) in [5.41, 5.74) is 1.33. The van der Waals surface area contributed by atoms with Gasteiger partial charge in [0, 0.05) is 11.6 Å². The molecule has 0 aliphatic heterocycles. The van der Waals surface area contributed by atoms with E-state index in [1.807, 2.05) is 6.07 Å². The first-order valence-corrected chi connectivity index (χ1v) is 6.73. The van der Waals surface area contributed by atoms with Crippen molar-refractivity contribution in [3.63, 3.8) is 0 Å². The fourth-order valence-electron chi connectivity index (χ4n) is 1.85. The Morgan fingerprint density at radius 2 is 1.90 bits per heavy atom. The second-order valence-electron chi connectivity index (χ2n) is 4.17. The zero-order chi connectivity index (χ0) is 14.8. The van der Waals surface area contributed by atoms with E-state index in [9.17, 15) is 4.79 Å². The van der Waals surface area contributed by atoms with Crippen molar-refractivity contribution in [1.29, 1.82) is 0 Å². The molecule has 7 heteroatoms. The fraction of sp³-hybridized carbons (Fsp3) is 0. The maximum Gasteiger partial charge on any atom is 0.275 e.